The van der Waals surface area contributed by atoms with E-state index in [9.17, 15) is 9.67 Å². The second-order valence-corrected chi connectivity index (χ2v) is 6.26. The van der Waals surface area contributed by atoms with E-state index in [1.165, 1.54) is 6.08 Å². The Morgan fingerprint density at radius 2 is 1.79 bits per heavy atom. The molecule has 0 aliphatic heterocycles. The molecule has 1 N–H and O–H groups in total. The minimum absolute atomic E-state index is 0.0916. The molecule has 19 heavy (non-hydrogen) atoms. The Labute approximate surface area is 114 Å². The molecule has 0 radical (unpaired) electrons. The summed E-state index contributed by atoms with van der Waals surface area (Å²) in [6, 6.07) is 8.77. The normalized spacial score (nSPS) is 14.9. The Morgan fingerprint density at radius 1 is 1.26 bits per heavy atom. The predicted octanol–water partition coefficient (Wildman–Crippen LogP) is 3.67. The maximum atomic E-state index is 12.9. The lowest BCUT2D eigenvalue weighted by Gasteiger charge is -2.34. The van der Waals surface area contributed by atoms with E-state index in [2.05, 4.69) is 6.58 Å². The Morgan fingerprint density at radius 3 is 2.21 bits per heavy atom. The smallest absolute Gasteiger partial charge is 0.366 e. The highest BCUT2D eigenvalue weighted by atomic mass is 31.2. The molecule has 0 saturated carbocycles. The van der Waals surface area contributed by atoms with Crippen LogP contribution in [0, 0.1) is 0 Å². The largest absolute Gasteiger partial charge is 0.373 e. The quantitative estimate of drug-likeness (QED) is 0.584. The van der Waals surface area contributed by atoms with Crippen LogP contribution in [0.1, 0.15) is 25.8 Å². The van der Waals surface area contributed by atoms with E-state index < -0.39 is 12.9 Å². The standard InChI is InChI=1S/C14H21O4P/c1-4-12-14(15,13-10-8-7-9-11-13)19(16,17-5-2)18-6-3/h4,7-11,15H,1,5-6,12H2,2-3H3. The lowest BCUT2D eigenvalue weighted by atomic mass is 10.1. The Bertz CT molecular complexity index is 436. The summed E-state index contributed by atoms with van der Waals surface area (Å²) in [5, 5.41) is 9.17. The van der Waals surface area contributed by atoms with Gasteiger partial charge in [0.25, 0.3) is 0 Å². The van der Waals surface area contributed by atoms with Gasteiger partial charge < -0.3 is 14.2 Å². The fourth-order valence-corrected chi connectivity index (χ4v) is 3.88. The first-order chi connectivity index (χ1) is 9.04. The van der Waals surface area contributed by atoms with E-state index >= 15 is 0 Å². The fourth-order valence-electron chi connectivity index (χ4n) is 1.88. The van der Waals surface area contributed by atoms with Crippen LogP contribution in [0.3, 0.4) is 0 Å². The first-order valence-electron chi connectivity index (χ1n) is 6.32. The van der Waals surface area contributed by atoms with Crippen molar-refractivity contribution in [1.29, 1.82) is 0 Å². The third-order valence-electron chi connectivity index (χ3n) is 2.72. The van der Waals surface area contributed by atoms with Crippen LogP contribution in [0.2, 0.25) is 0 Å². The number of benzene rings is 1. The molecular weight excluding hydrogens is 263 g/mol. The number of rotatable bonds is 8. The molecule has 0 saturated heterocycles. The molecule has 0 bridgehead atoms. The van der Waals surface area contributed by atoms with Crippen molar-refractivity contribution < 1.29 is 18.7 Å². The first kappa shape index (κ1) is 16.1. The zero-order chi connectivity index (χ0) is 14.4. The molecular formula is C14H21O4P. The first-order valence-corrected chi connectivity index (χ1v) is 7.86. The average molecular weight is 284 g/mol. The Hall–Kier alpha value is -0.930. The van der Waals surface area contributed by atoms with Gasteiger partial charge in [-0.1, -0.05) is 36.4 Å². The lowest BCUT2D eigenvalue weighted by molar-refractivity contribution is 0.0676. The lowest BCUT2D eigenvalue weighted by Crippen LogP contribution is -2.27. The number of aliphatic hydroxyl groups is 1. The molecule has 0 amide bonds. The molecule has 1 aromatic rings. The molecule has 106 valence electrons. The molecule has 0 aromatic heterocycles. The van der Waals surface area contributed by atoms with Gasteiger partial charge in [0, 0.05) is 6.42 Å². The van der Waals surface area contributed by atoms with Gasteiger partial charge in [-0.25, -0.2) is 0 Å². The van der Waals surface area contributed by atoms with Gasteiger partial charge in [0.05, 0.1) is 13.2 Å². The van der Waals surface area contributed by atoms with Gasteiger partial charge in [-0.2, -0.15) is 0 Å². The summed E-state index contributed by atoms with van der Waals surface area (Å²) in [6.07, 6.45) is 1.60. The van der Waals surface area contributed by atoms with Crippen LogP contribution < -0.4 is 0 Å². The summed E-state index contributed by atoms with van der Waals surface area (Å²) in [6.45, 7) is 7.44. The molecule has 1 rings (SSSR count). The van der Waals surface area contributed by atoms with Crippen LogP contribution in [0.25, 0.3) is 0 Å². The minimum Gasteiger partial charge on any atom is -0.373 e. The second kappa shape index (κ2) is 7.01. The highest BCUT2D eigenvalue weighted by molar-refractivity contribution is 7.54. The molecule has 0 aliphatic rings. The fraction of sp³-hybridized carbons (Fsp3) is 0.429. The maximum absolute atomic E-state index is 12.9. The molecule has 0 aliphatic carbocycles. The predicted molar refractivity (Wildman–Crippen MR) is 76.0 cm³/mol. The van der Waals surface area contributed by atoms with E-state index in [0.29, 0.717) is 5.56 Å². The molecule has 1 aromatic carbocycles. The molecule has 1 atom stereocenters. The highest BCUT2D eigenvalue weighted by Gasteiger charge is 2.50. The van der Waals surface area contributed by atoms with E-state index in [0.717, 1.165) is 0 Å². The number of hydrogen-bond acceptors (Lipinski definition) is 4. The molecule has 0 heterocycles. The summed E-state index contributed by atoms with van der Waals surface area (Å²) in [5.74, 6) is 0. The van der Waals surface area contributed by atoms with Crippen molar-refractivity contribution >= 4 is 7.60 Å². The van der Waals surface area contributed by atoms with Crippen LogP contribution in [0.4, 0.5) is 0 Å². The van der Waals surface area contributed by atoms with Crippen molar-refractivity contribution in [1.82, 2.24) is 0 Å². The van der Waals surface area contributed by atoms with Gasteiger partial charge in [-0.3, -0.25) is 4.57 Å². The van der Waals surface area contributed by atoms with Crippen molar-refractivity contribution in [2.45, 2.75) is 25.6 Å². The van der Waals surface area contributed by atoms with Crippen LogP contribution >= 0.6 is 7.60 Å². The Balaban J connectivity index is 3.30. The SMILES string of the molecule is C=CCC(O)(c1ccccc1)P(=O)(OCC)OCC. The van der Waals surface area contributed by atoms with Crippen LogP contribution in [-0.2, 0) is 19.0 Å². The topological polar surface area (TPSA) is 55.8 Å². The summed E-state index contributed by atoms with van der Waals surface area (Å²) in [4.78, 5) is 0. The van der Waals surface area contributed by atoms with Crippen LogP contribution in [0.5, 0.6) is 0 Å². The van der Waals surface area contributed by atoms with Crippen molar-refractivity contribution in [3.8, 4) is 0 Å². The van der Waals surface area contributed by atoms with Gasteiger partial charge in [0.1, 0.15) is 0 Å². The molecule has 0 fully saturated rings. The summed E-state index contributed by atoms with van der Waals surface area (Å²) < 4.78 is 23.4. The van der Waals surface area contributed by atoms with Gasteiger partial charge in [-0.15, -0.1) is 6.58 Å². The highest BCUT2D eigenvalue weighted by Crippen LogP contribution is 2.65. The van der Waals surface area contributed by atoms with Crippen molar-refractivity contribution in [3.05, 3.63) is 48.6 Å². The van der Waals surface area contributed by atoms with Crippen molar-refractivity contribution in [2.75, 3.05) is 13.2 Å². The van der Waals surface area contributed by atoms with Crippen LogP contribution in [0.15, 0.2) is 43.0 Å². The maximum Gasteiger partial charge on any atom is 0.366 e. The number of hydrogen-bond donors (Lipinski definition) is 1. The van der Waals surface area contributed by atoms with E-state index in [4.69, 9.17) is 9.05 Å². The summed E-state index contributed by atoms with van der Waals surface area (Å²) in [5.41, 5.74) is 0.500. The van der Waals surface area contributed by atoms with Crippen molar-refractivity contribution in [2.24, 2.45) is 0 Å². The second-order valence-electron chi connectivity index (χ2n) is 4.01. The summed E-state index contributed by atoms with van der Waals surface area (Å²) >= 11 is 0. The van der Waals surface area contributed by atoms with E-state index in [1.807, 2.05) is 6.07 Å². The zero-order valence-electron chi connectivity index (χ0n) is 11.4. The molecule has 4 nitrogen and oxygen atoms in total. The molecule has 1 unspecified atom stereocenters. The van der Waals surface area contributed by atoms with Gasteiger partial charge >= 0.3 is 7.60 Å². The Kier molecular flexibility index (Phi) is 5.95. The van der Waals surface area contributed by atoms with E-state index in [1.54, 1.807) is 38.1 Å². The summed E-state index contributed by atoms with van der Waals surface area (Å²) in [7, 11) is -3.70. The molecule has 0 spiro atoms. The van der Waals surface area contributed by atoms with Crippen LogP contribution in [-0.4, -0.2) is 18.3 Å². The average Bonchev–Trinajstić information content (AvgIpc) is 2.40. The van der Waals surface area contributed by atoms with Gasteiger partial charge in [-0.05, 0) is 19.4 Å². The zero-order valence-corrected chi connectivity index (χ0v) is 12.3. The molecule has 5 heteroatoms. The third kappa shape index (κ3) is 3.34. The van der Waals surface area contributed by atoms with Crippen molar-refractivity contribution in [3.63, 3.8) is 0 Å². The van der Waals surface area contributed by atoms with Gasteiger partial charge in [0.15, 0.2) is 5.34 Å². The third-order valence-corrected chi connectivity index (χ3v) is 5.26. The monoisotopic (exact) mass is 284 g/mol. The van der Waals surface area contributed by atoms with E-state index in [-0.39, 0.29) is 19.6 Å². The van der Waals surface area contributed by atoms with Gasteiger partial charge in [0.2, 0.25) is 0 Å². The minimum atomic E-state index is -3.70.